The maximum Gasteiger partial charge on any atom is 0.0246 e. The summed E-state index contributed by atoms with van der Waals surface area (Å²) in [5.74, 6) is 0.896. The summed E-state index contributed by atoms with van der Waals surface area (Å²) < 4.78 is 0. The molecule has 1 saturated carbocycles. The Morgan fingerprint density at radius 2 is 1.69 bits per heavy atom. The standard InChI is InChI=1S/C11H22N2/c1-11(2,10-7-13-10)8-3-5-9(12)6-4-8/h8-10,13H,3-7,12H2,1-2H3. The summed E-state index contributed by atoms with van der Waals surface area (Å²) in [7, 11) is 0. The second-order valence-electron chi connectivity index (χ2n) is 5.39. The number of hydrogen-bond donors (Lipinski definition) is 2. The topological polar surface area (TPSA) is 48.0 Å². The highest BCUT2D eigenvalue weighted by Crippen LogP contribution is 2.42. The quantitative estimate of drug-likeness (QED) is 0.636. The van der Waals surface area contributed by atoms with Crippen molar-refractivity contribution in [2.75, 3.05) is 6.54 Å². The zero-order chi connectivity index (χ0) is 9.47. The summed E-state index contributed by atoms with van der Waals surface area (Å²) in [5, 5.41) is 3.45. The van der Waals surface area contributed by atoms with E-state index in [2.05, 4.69) is 19.2 Å². The van der Waals surface area contributed by atoms with E-state index in [4.69, 9.17) is 5.73 Å². The molecule has 3 N–H and O–H groups in total. The van der Waals surface area contributed by atoms with Gasteiger partial charge in [-0.3, -0.25) is 0 Å². The number of rotatable bonds is 2. The van der Waals surface area contributed by atoms with E-state index in [1.807, 2.05) is 0 Å². The van der Waals surface area contributed by atoms with Crippen molar-refractivity contribution < 1.29 is 0 Å². The van der Waals surface area contributed by atoms with E-state index in [1.54, 1.807) is 0 Å². The van der Waals surface area contributed by atoms with Crippen LogP contribution in [-0.2, 0) is 0 Å². The molecular formula is C11H22N2. The van der Waals surface area contributed by atoms with E-state index in [0.29, 0.717) is 11.5 Å². The minimum absolute atomic E-state index is 0.485. The zero-order valence-electron chi connectivity index (χ0n) is 8.84. The Kier molecular flexibility index (Phi) is 2.37. The van der Waals surface area contributed by atoms with Gasteiger partial charge in [-0.1, -0.05) is 13.8 Å². The van der Waals surface area contributed by atoms with Gasteiger partial charge in [0.25, 0.3) is 0 Å². The SMILES string of the molecule is CC(C)(C1CCC(N)CC1)C1CN1. The lowest BCUT2D eigenvalue weighted by atomic mass is 9.68. The highest BCUT2D eigenvalue weighted by Gasteiger charge is 2.43. The average Bonchev–Trinajstić information content (AvgIpc) is 2.87. The molecule has 13 heavy (non-hydrogen) atoms. The number of nitrogens with one attached hydrogen (secondary N) is 1. The molecule has 0 aromatic heterocycles. The van der Waals surface area contributed by atoms with Crippen LogP contribution in [0.3, 0.4) is 0 Å². The van der Waals surface area contributed by atoms with E-state index >= 15 is 0 Å². The maximum atomic E-state index is 5.92. The Hall–Kier alpha value is -0.0800. The van der Waals surface area contributed by atoms with Crippen LogP contribution in [0.1, 0.15) is 39.5 Å². The van der Waals surface area contributed by atoms with Gasteiger partial charge in [0, 0.05) is 18.6 Å². The zero-order valence-corrected chi connectivity index (χ0v) is 8.84. The van der Waals surface area contributed by atoms with Crippen LogP contribution in [0.2, 0.25) is 0 Å². The lowest BCUT2D eigenvalue weighted by molar-refractivity contribution is 0.147. The van der Waals surface area contributed by atoms with Gasteiger partial charge in [0.2, 0.25) is 0 Å². The van der Waals surface area contributed by atoms with Gasteiger partial charge >= 0.3 is 0 Å². The molecule has 2 aliphatic rings. The summed E-state index contributed by atoms with van der Waals surface area (Å²) in [5.41, 5.74) is 6.42. The van der Waals surface area contributed by atoms with Gasteiger partial charge in [-0.25, -0.2) is 0 Å². The molecule has 76 valence electrons. The van der Waals surface area contributed by atoms with Crippen molar-refractivity contribution >= 4 is 0 Å². The van der Waals surface area contributed by atoms with Crippen LogP contribution in [0.5, 0.6) is 0 Å². The molecule has 0 radical (unpaired) electrons. The van der Waals surface area contributed by atoms with E-state index in [-0.39, 0.29) is 0 Å². The molecule has 0 bridgehead atoms. The predicted molar refractivity (Wildman–Crippen MR) is 55.5 cm³/mol. The van der Waals surface area contributed by atoms with E-state index < -0.39 is 0 Å². The second kappa shape index (κ2) is 3.25. The summed E-state index contributed by atoms with van der Waals surface area (Å²) >= 11 is 0. The Morgan fingerprint density at radius 3 is 2.15 bits per heavy atom. The average molecular weight is 182 g/mol. The van der Waals surface area contributed by atoms with Gasteiger partial charge < -0.3 is 11.1 Å². The van der Waals surface area contributed by atoms with Crippen molar-refractivity contribution in [3.63, 3.8) is 0 Å². The van der Waals surface area contributed by atoms with Crippen LogP contribution >= 0.6 is 0 Å². The molecule has 1 aliphatic carbocycles. The number of nitrogens with two attached hydrogens (primary N) is 1. The van der Waals surface area contributed by atoms with Gasteiger partial charge in [-0.2, -0.15) is 0 Å². The predicted octanol–water partition coefficient (Wildman–Crippen LogP) is 1.50. The fourth-order valence-electron chi connectivity index (χ4n) is 2.73. The van der Waals surface area contributed by atoms with Crippen LogP contribution in [-0.4, -0.2) is 18.6 Å². The van der Waals surface area contributed by atoms with Crippen LogP contribution in [0, 0.1) is 11.3 Å². The van der Waals surface area contributed by atoms with Crippen molar-refractivity contribution in [1.82, 2.24) is 5.32 Å². The molecule has 0 aromatic carbocycles. The third-order valence-corrected chi connectivity index (χ3v) is 4.13. The lowest BCUT2D eigenvalue weighted by Crippen LogP contribution is -2.37. The normalized spacial score (nSPS) is 40.4. The smallest absolute Gasteiger partial charge is 0.0246 e. The lowest BCUT2D eigenvalue weighted by Gasteiger charge is -2.38. The third-order valence-electron chi connectivity index (χ3n) is 4.13. The first-order chi connectivity index (χ1) is 6.10. The Bertz CT molecular complexity index is 177. The third kappa shape index (κ3) is 1.89. The van der Waals surface area contributed by atoms with E-state index in [9.17, 15) is 0 Å². The van der Waals surface area contributed by atoms with Crippen molar-refractivity contribution in [3.05, 3.63) is 0 Å². The first-order valence-electron chi connectivity index (χ1n) is 5.59. The van der Waals surface area contributed by atoms with Gasteiger partial charge in [0.15, 0.2) is 0 Å². The molecule has 2 heteroatoms. The van der Waals surface area contributed by atoms with E-state index in [0.717, 1.165) is 12.0 Å². The molecular weight excluding hydrogens is 160 g/mol. The highest BCUT2D eigenvalue weighted by molar-refractivity contribution is 5.00. The first kappa shape index (κ1) is 9.47. The molecule has 1 aliphatic heterocycles. The number of hydrogen-bond acceptors (Lipinski definition) is 2. The molecule has 1 unspecified atom stereocenters. The van der Waals surface area contributed by atoms with Gasteiger partial charge in [-0.05, 0) is 37.0 Å². The minimum atomic E-state index is 0.485. The summed E-state index contributed by atoms with van der Waals surface area (Å²) in [6, 6.07) is 1.27. The Balaban J connectivity index is 1.92. The molecule has 2 nitrogen and oxygen atoms in total. The van der Waals surface area contributed by atoms with Crippen LogP contribution < -0.4 is 11.1 Å². The highest BCUT2D eigenvalue weighted by atomic mass is 15.1. The maximum absolute atomic E-state index is 5.92. The molecule has 0 amide bonds. The van der Waals surface area contributed by atoms with E-state index in [1.165, 1.54) is 32.2 Å². The summed E-state index contributed by atoms with van der Waals surface area (Å²) in [6.45, 7) is 6.06. The van der Waals surface area contributed by atoms with Crippen molar-refractivity contribution in [2.45, 2.75) is 51.6 Å². The molecule has 1 atom stereocenters. The molecule has 2 rings (SSSR count). The largest absolute Gasteiger partial charge is 0.328 e. The van der Waals surface area contributed by atoms with Crippen LogP contribution in [0.15, 0.2) is 0 Å². The Labute approximate surface area is 81.3 Å². The van der Waals surface area contributed by atoms with Crippen molar-refractivity contribution in [1.29, 1.82) is 0 Å². The second-order valence-corrected chi connectivity index (χ2v) is 5.39. The van der Waals surface area contributed by atoms with Crippen LogP contribution in [0.4, 0.5) is 0 Å². The molecule has 1 saturated heterocycles. The molecule has 2 fully saturated rings. The van der Waals surface area contributed by atoms with Crippen molar-refractivity contribution in [2.24, 2.45) is 17.1 Å². The monoisotopic (exact) mass is 182 g/mol. The summed E-state index contributed by atoms with van der Waals surface area (Å²) in [4.78, 5) is 0. The summed E-state index contributed by atoms with van der Waals surface area (Å²) in [6.07, 6.45) is 5.15. The van der Waals surface area contributed by atoms with Gasteiger partial charge in [0.05, 0.1) is 0 Å². The van der Waals surface area contributed by atoms with Crippen molar-refractivity contribution in [3.8, 4) is 0 Å². The first-order valence-corrected chi connectivity index (χ1v) is 5.59. The molecule has 1 heterocycles. The van der Waals surface area contributed by atoms with Gasteiger partial charge in [-0.15, -0.1) is 0 Å². The molecule has 0 aromatic rings. The molecule has 0 spiro atoms. The van der Waals surface area contributed by atoms with Crippen LogP contribution in [0.25, 0.3) is 0 Å². The Morgan fingerprint density at radius 1 is 1.15 bits per heavy atom. The fraction of sp³-hybridized carbons (Fsp3) is 1.00. The van der Waals surface area contributed by atoms with Gasteiger partial charge in [0.1, 0.15) is 0 Å². The fourth-order valence-corrected chi connectivity index (χ4v) is 2.73. The minimum Gasteiger partial charge on any atom is -0.328 e.